The van der Waals surface area contributed by atoms with E-state index in [1.165, 1.54) is 21.3 Å². The number of rotatable bonds is 7. The van der Waals surface area contributed by atoms with Crippen molar-refractivity contribution in [3.63, 3.8) is 0 Å². The third kappa shape index (κ3) is 4.36. The van der Waals surface area contributed by atoms with E-state index < -0.39 is 6.04 Å². The van der Waals surface area contributed by atoms with Crippen molar-refractivity contribution >= 4 is 17.3 Å². The number of nitrogens with zero attached hydrogens (tertiary/aromatic N) is 1. The van der Waals surface area contributed by atoms with Gasteiger partial charge in [0.15, 0.2) is 11.5 Å². The van der Waals surface area contributed by atoms with E-state index in [1.54, 1.807) is 43.3 Å². The molecule has 7 nitrogen and oxygen atoms in total. The van der Waals surface area contributed by atoms with E-state index in [4.69, 9.17) is 19.5 Å². The first-order chi connectivity index (χ1) is 12.5. The van der Waals surface area contributed by atoms with Crippen LogP contribution in [0.25, 0.3) is 0 Å². The zero-order chi connectivity index (χ0) is 19.1. The lowest BCUT2D eigenvalue weighted by Crippen LogP contribution is -2.31. The van der Waals surface area contributed by atoms with Gasteiger partial charge in [0.05, 0.1) is 33.0 Å². The lowest BCUT2D eigenvalue weighted by Gasteiger charge is -2.18. The van der Waals surface area contributed by atoms with Gasteiger partial charge in [0.1, 0.15) is 6.04 Å². The molecule has 136 valence electrons. The number of carbonyl (C=O) groups excluding carboxylic acids is 1. The van der Waals surface area contributed by atoms with Gasteiger partial charge in [-0.05, 0) is 25.1 Å². The largest absolute Gasteiger partial charge is 0.493 e. The Morgan fingerprint density at radius 2 is 1.69 bits per heavy atom. The van der Waals surface area contributed by atoms with Crippen LogP contribution in [-0.4, -0.2) is 33.3 Å². The van der Waals surface area contributed by atoms with Crippen molar-refractivity contribution in [2.75, 3.05) is 32.0 Å². The van der Waals surface area contributed by atoms with Gasteiger partial charge in [-0.25, -0.2) is 0 Å². The van der Waals surface area contributed by atoms with Gasteiger partial charge in [-0.2, -0.15) is 5.26 Å². The van der Waals surface area contributed by atoms with Gasteiger partial charge in [-0.15, -0.1) is 0 Å². The standard InChI is InChI=1S/C19H21N3O4/c1-12(19(23)22-14-7-5-6-13(8-14)11-20)21-15-9-16(24-2)18(26-4)17(10-15)25-3/h5-10,12,21H,1-4H3,(H,22,23)/t12-/m0/s1. The molecule has 7 heteroatoms. The number of carbonyl (C=O) groups is 1. The Morgan fingerprint density at radius 1 is 1.04 bits per heavy atom. The first-order valence-corrected chi connectivity index (χ1v) is 7.90. The number of ether oxygens (including phenoxy) is 3. The Labute approximate surface area is 152 Å². The zero-order valence-electron chi connectivity index (χ0n) is 15.1. The molecular formula is C19H21N3O4. The number of hydrogen-bond donors (Lipinski definition) is 2. The smallest absolute Gasteiger partial charge is 0.246 e. The Bertz CT molecular complexity index is 805. The number of benzene rings is 2. The highest BCUT2D eigenvalue weighted by atomic mass is 16.5. The summed E-state index contributed by atoms with van der Waals surface area (Å²) in [5.41, 5.74) is 1.69. The number of amides is 1. The minimum absolute atomic E-state index is 0.242. The van der Waals surface area contributed by atoms with Gasteiger partial charge >= 0.3 is 0 Å². The van der Waals surface area contributed by atoms with E-state index in [2.05, 4.69) is 10.6 Å². The van der Waals surface area contributed by atoms with E-state index in [1.807, 2.05) is 6.07 Å². The molecule has 0 spiro atoms. The second kappa shape index (κ2) is 8.62. The molecule has 0 aliphatic heterocycles. The molecule has 0 saturated heterocycles. The van der Waals surface area contributed by atoms with Crippen molar-refractivity contribution < 1.29 is 19.0 Å². The second-order valence-electron chi connectivity index (χ2n) is 5.46. The molecule has 0 unspecified atom stereocenters. The lowest BCUT2D eigenvalue weighted by atomic mass is 10.2. The summed E-state index contributed by atoms with van der Waals surface area (Å²) in [5.74, 6) is 1.21. The van der Waals surface area contributed by atoms with E-state index in [0.29, 0.717) is 34.2 Å². The summed E-state index contributed by atoms with van der Waals surface area (Å²) in [6, 6.07) is 11.7. The van der Waals surface area contributed by atoms with Crippen molar-refractivity contribution in [2.45, 2.75) is 13.0 Å². The summed E-state index contributed by atoms with van der Waals surface area (Å²) in [7, 11) is 4.58. The van der Waals surface area contributed by atoms with Gasteiger partial charge in [0, 0.05) is 23.5 Å². The summed E-state index contributed by atoms with van der Waals surface area (Å²) in [6.07, 6.45) is 0. The highest BCUT2D eigenvalue weighted by molar-refractivity contribution is 5.96. The molecule has 0 saturated carbocycles. The highest BCUT2D eigenvalue weighted by Crippen LogP contribution is 2.40. The average Bonchev–Trinajstić information content (AvgIpc) is 2.67. The fraction of sp³-hybridized carbons (Fsp3) is 0.263. The van der Waals surface area contributed by atoms with Crippen molar-refractivity contribution in [3.8, 4) is 23.3 Å². The van der Waals surface area contributed by atoms with E-state index in [9.17, 15) is 4.79 Å². The molecule has 26 heavy (non-hydrogen) atoms. The number of hydrogen-bond acceptors (Lipinski definition) is 6. The van der Waals surface area contributed by atoms with Crippen LogP contribution >= 0.6 is 0 Å². The van der Waals surface area contributed by atoms with Crippen molar-refractivity contribution in [1.29, 1.82) is 5.26 Å². The van der Waals surface area contributed by atoms with Gasteiger partial charge < -0.3 is 24.8 Å². The predicted molar refractivity (Wildman–Crippen MR) is 99.0 cm³/mol. The first-order valence-electron chi connectivity index (χ1n) is 7.90. The Balaban J connectivity index is 2.14. The van der Waals surface area contributed by atoms with Gasteiger partial charge in [-0.3, -0.25) is 4.79 Å². The molecule has 0 fully saturated rings. The molecule has 0 aliphatic rings. The van der Waals surface area contributed by atoms with Gasteiger partial charge in [0.2, 0.25) is 11.7 Å². The molecule has 0 heterocycles. The maximum absolute atomic E-state index is 12.4. The van der Waals surface area contributed by atoms with Crippen molar-refractivity contribution in [2.24, 2.45) is 0 Å². The average molecular weight is 355 g/mol. The highest BCUT2D eigenvalue weighted by Gasteiger charge is 2.17. The fourth-order valence-electron chi connectivity index (χ4n) is 2.40. The SMILES string of the molecule is COc1cc(N[C@@H](C)C(=O)Nc2cccc(C#N)c2)cc(OC)c1OC. The van der Waals surface area contributed by atoms with Crippen LogP contribution in [0.1, 0.15) is 12.5 Å². The van der Waals surface area contributed by atoms with E-state index in [0.717, 1.165) is 0 Å². The summed E-state index contributed by atoms with van der Waals surface area (Å²) < 4.78 is 15.9. The molecule has 2 aromatic rings. The molecular weight excluding hydrogens is 334 g/mol. The molecule has 1 atom stereocenters. The summed E-state index contributed by atoms with van der Waals surface area (Å²) in [6.45, 7) is 1.73. The first kappa shape index (κ1) is 18.9. The van der Waals surface area contributed by atoms with Crippen LogP contribution < -0.4 is 24.8 Å². The third-order valence-electron chi connectivity index (χ3n) is 3.70. The number of nitrogens with one attached hydrogen (secondary N) is 2. The molecule has 0 radical (unpaired) electrons. The number of anilines is 2. The topological polar surface area (TPSA) is 92.6 Å². The number of nitriles is 1. The van der Waals surface area contributed by atoms with E-state index >= 15 is 0 Å². The Kier molecular flexibility index (Phi) is 6.28. The van der Waals surface area contributed by atoms with Crippen LogP contribution in [0, 0.1) is 11.3 Å². The van der Waals surface area contributed by atoms with Crippen LogP contribution in [-0.2, 0) is 4.79 Å². The van der Waals surface area contributed by atoms with Crippen LogP contribution in [0.2, 0.25) is 0 Å². The van der Waals surface area contributed by atoms with Gasteiger partial charge in [0.25, 0.3) is 0 Å². The van der Waals surface area contributed by atoms with Crippen molar-refractivity contribution in [1.82, 2.24) is 0 Å². The maximum Gasteiger partial charge on any atom is 0.246 e. The van der Waals surface area contributed by atoms with Crippen LogP contribution in [0.3, 0.4) is 0 Å². The second-order valence-corrected chi connectivity index (χ2v) is 5.46. The molecule has 0 aromatic heterocycles. The summed E-state index contributed by atoms with van der Waals surface area (Å²) in [4.78, 5) is 12.4. The third-order valence-corrected chi connectivity index (χ3v) is 3.70. The molecule has 0 aliphatic carbocycles. The minimum atomic E-state index is -0.538. The van der Waals surface area contributed by atoms with Crippen LogP contribution in [0.15, 0.2) is 36.4 Å². The van der Waals surface area contributed by atoms with Crippen LogP contribution in [0.4, 0.5) is 11.4 Å². The normalized spacial score (nSPS) is 11.0. The maximum atomic E-state index is 12.4. The lowest BCUT2D eigenvalue weighted by molar-refractivity contribution is -0.116. The quantitative estimate of drug-likeness (QED) is 0.793. The van der Waals surface area contributed by atoms with E-state index in [-0.39, 0.29) is 5.91 Å². The summed E-state index contributed by atoms with van der Waals surface area (Å²) >= 11 is 0. The zero-order valence-corrected chi connectivity index (χ0v) is 15.1. The summed E-state index contributed by atoms with van der Waals surface area (Å²) in [5, 5.41) is 14.8. The minimum Gasteiger partial charge on any atom is -0.493 e. The molecule has 2 N–H and O–H groups in total. The number of methoxy groups -OCH3 is 3. The predicted octanol–water partition coefficient (Wildman–Crippen LogP) is 3.02. The molecule has 2 aromatic carbocycles. The van der Waals surface area contributed by atoms with Gasteiger partial charge in [-0.1, -0.05) is 6.07 Å². The van der Waals surface area contributed by atoms with Crippen molar-refractivity contribution in [3.05, 3.63) is 42.0 Å². The Morgan fingerprint density at radius 3 is 2.23 bits per heavy atom. The monoisotopic (exact) mass is 355 g/mol. The Hall–Kier alpha value is -3.40. The molecule has 0 bridgehead atoms. The molecule has 2 rings (SSSR count). The fourth-order valence-corrected chi connectivity index (χ4v) is 2.40. The molecule has 1 amide bonds. The van der Waals surface area contributed by atoms with Crippen LogP contribution in [0.5, 0.6) is 17.2 Å².